The van der Waals surface area contributed by atoms with E-state index in [1.165, 1.54) is 10.4 Å². The van der Waals surface area contributed by atoms with Gasteiger partial charge in [0.1, 0.15) is 22.7 Å². The lowest BCUT2D eigenvalue weighted by molar-refractivity contribution is -0.0155. The Bertz CT molecular complexity index is 1970. The van der Waals surface area contributed by atoms with Crippen molar-refractivity contribution in [2.75, 3.05) is 28.4 Å². The molecular formula is C36H50N6O8S2. The first-order valence-electron chi connectivity index (χ1n) is 17.2. The summed E-state index contributed by atoms with van der Waals surface area (Å²) in [7, 11) is 2.36. The summed E-state index contributed by atoms with van der Waals surface area (Å²) < 4.78 is 77.0. The number of sulfonamides is 2. The highest BCUT2D eigenvalue weighted by Gasteiger charge is 2.41. The van der Waals surface area contributed by atoms with Gasteiger partial charge in [-0.2, -0.15) is 14.5 Å². The van der Waals surface area contributed by atoms with Crippen LogP contribution < -0.4 is 14.6 Å². The number of aryl methyl sites for hydroxylation is 2. The first-order valence-corrected chi connectivity index (χ1v) is 20.2. The average molecular weight is 759 g/mol. The van der Waals surface area contributed by atoms with Gasteiger partial charge in [0.05, 0.1) is 25.6 Å². The molecule has 0 saturated heterocycles. The van der Waals surface area contributed by atoms with E-state index in [1.807, 2.05) is 48.5 Å². The molecule has 0 radical (unpaired) electrons. The Morgan fingerprint density at radius 3 is 1.35 bits per heavy atom. The molecule has 16 heteroatoms. The largest absolute Gasteiger partial charge is 0.497 e. The molecule has 0 unspecified atom stereocenters. The van der Waals surface area contributed by atoms with Crippen molar-refractivity contribution in [1.82, 2.24) is 23.9 Å². The monoisotopic (exact) mass is 758 g/mol. The first kappa shape index (κ1) is 39.4. The lowest BCUT2D eigenvalue weighted by Crippen LogP contribution is -2.30. The smallest absolute Gasteiger partial charge is 0.263 e. The number of nitrogens with two attached hydrogens (primary N) is 1. The predicted molar refractivity (Wildman–Crippen MR) is 195 cm³/mol. The van der Waals surface area contributed by atoms with E-state index in [4.69, 9.17) is 24.1 Å². The van der Waals surface area contributed by atoms with E-state index in [0.29, 0.717) is 11.5 Å². The van der Waals surface area contributed by atoms with Crippen LogP contribution in [0, 0.1) is 0 Å². The Labute approximate surface area is 306 Å². The zero-order valence-corrected chi connectivity index (χ0v) is 32.4. The quantitative estimate of drug-likeness (QED) is 0.201. The van der Waals surface area contributed by atoms with Crippen LogP contribution in [0.2, 0.25) is 0 Å². The normalized spacial score (nSPS) is 16.8. The third-order valence-corrected chi connectivity index (χ3v) is 12.6. The van der Waals surface area contributed by atoms with Gasteiger partial charge in [0.25, 0.3) is 20.0 Å². The summed E-state index contributed by atoms with van der Waals surface area (Å²) >= 11 is 0. The molecule has 284 valence electrons. The van der Waals surface area contributed by atoms with Crippen LogP contribution in [0.1, 0.15) is 73.9 Å². The number of ether oxygens (including phenoxy) is 4. The van der Waals surface area contributed by atoms with Gasteiger partial charge in [-0.25, -0.2) is 22.0 Å². The SMILES string of the molecule is COC1(c2cc(S(N)(=O)=O)nn2C)CCCC1.COc1ccc(CN(Cc2ccc(OC)cc2)S(=O)(=O)c2cc(C3(OC)CCCC3)n(C)n2)cc1. The highest BCUT2D eigenvalue weighted by molar-refractivity contribution is 7.89. The summed E-state index contributed by atoms with van der Waals surface area (Å²) in [4.78, 5) is 0. The van der Waals surface area contributed by atoms with Crippen molar-refractivity contribution in [2.45, 2.75) is 85.7 Å². The maximum Gasteiger partial charge on any atom is 0.263 e. The molecule has 2 N–H and O–H groups in total. The first-order chi connectivity index (χ1) is 24.7. The Morgan fingerprint density at radius 2 is 1.02 bits per heavy atom. The molecule has 2 fully saturated rings. The van der Waals surface area contributed by atoms with E-state index in [-0.39, 0.29) is 23.1 Å². The molecule has 0 aliphatic heterocycles. The van der Waals surface area contributed by atoms with Gasteiger partial charge in [0.15, 0.2) is 10.1 Å². The number of benzene rings is 2. The molecule has 2 aromatic heterocycles. The highest BCUT2D eigenvalue weighted by Crippen LogP contribution is 2.43. The number of methoxy groups -OCH3 is 4. The van der Waals surface area contributed by atoms with Crippen LogP contribution in [0.3, 0.4) is 0 Å². The van der Waals surface area contributed by atoms with Gasteiger partial charge < -0.3 is 18.9 Å². The van der Waals surface area contributed by atoms with Crippen molar-refractivity contribution < 1.29 is 35.8 Å². The fourth-order valence-corrected chi connectivity index (χ4v) is 9.15. The fraction of sp³-hybridized carbons (Fsp3) is 0.500. The number of hydrogen-bond donors (Lipinski definition) is 1. The summed E-state index contributed by atoms with van der Waals surface area (Å²) in [6.45, 7) is 0.388. The van der Waals surface area contributed by atoms with Gasteiger partial charge in [-0.15, -0.1) is 0 Å². The molecule has 2 saturated carbocycles. The molecule has 52 heavy (non-hydrogen) atoms. The zero-order chi connectivity index (χ0) is 37.7. The Morgan fingerprint density at radius 1 is 0.654 bits per heavy atom. The summed E-state index contributed by atoms with van der Waals surface area (Å²) in [5.74, 6) is 1.43. The van der Waals surface area contributed by atoms with Gasteiger partial charge in [-0.05, 0) is 61.1 Å². The van der Waals surface area contributed by atoms with Gasteiger partial charge >= 0.3 is 0 Å². The van der Waals surface area contributed by atoms with Gasteiger partial charge in [0.2, 0.25) is 0 Å². The predicted octanol–water partition coefficient (Wildman–Crippen LogP) is 4.73. The number of aromatic nitrogens is 4. The Hall–Kier alpha value is -3.80. The van der Waals surface area contributed by atoms with Crippen LogP contribution in [-0.4, -0.2) is 69.1 Å². The van der Waals surface area contributed by atoms with Crippen LogP contribution in [0.25, 0.3) is 0 Å². The second kappa shape index (κ2) is 16.1. The van der Waals surface area contributed by atoms with Crippen molar-refractivity contribution in [3.63, 3.8) is 0 Å². The second-order valence-corrected chi connectivity index (χ2v) is 16.7. The molecule has 2 aromatic carbocycles. The summed E-state index contributed by atoms with van der Waals surface area (Å²) in [6, 6.07) is 18.0. The number of nitrogens with zero attached hydrogens (tertiary/aromatic N) is 5. The van der Waals surface area contributed by atoms with Crippen LogP contribution in [-0.2, 0) is 67.9 Å². The van der Waals surface area contributed by atoms with Crippen LogP contribution >= 0.6 is 0 Å². The highest BCUT2D eigenvalue weighted by atomic mass is 32.2. The van der Waals surface area contributed by atoms with E-state index in [2.05, 4.69) is 10.2 Å². The number of rotatable bonds is 13. The lowest BCUT2D eigenvalue weighted by atomic mass is 9.97. The van der Waals surface area contributed by atoms with Gasteiger partial charge in [-0.3, -0.25) is 9.36 Å². The van der Waals surface area contributed by atoms with Gasteiger partial charge in [-0.1, -0.05) is 49.9 Å². The van der Waals surface area contributed by atoms with Crippen LogP contribution in [0.4, 0.5) is 0 Å². The molecule has 6 rings (SSSR count). The molecule has 2 aliphatic rings. The Balaban J connectivity index is 0.000000257. The van der Waals surface area contributed by atoms with E-state index >= 15 is 0 Å². The topological polar surface area (TPSA) is 170 Å². The number of primary sulfonamides is 1. The minimum Gasteiger partial charge on any atom is -0.497 e. The summed E-state index contributed by atoms with van der Waals surface area (Å²) in [5.41, 5.74) is 2.37. The van der Waals surface area contributed by atoms with E-state index < -0.39 is 31.2 Å². The third-order valence-electron chi connectivity index (χ3n) is 10.2. The molecule has 0 spiro atoms. The van der Waals surface area contributed by atoms with Crippen molar-refractivity contribution in [2.24, 2.45) is 19.2 Å². The molecule has 4 aromatic rings. The van der Waals surface area contributed by atoms with Crippen molar-refractivity contribution in [3.05, 3.63) is 83.2 Å². The standard InChI is InChI=1S/C26H33N3O5S.C10H17N3O3S/c1-28-24(26(34-4)15-5-6-16-26)17-25(27-28)35(30,31)29(18-20-7-11-22(32-2)12-8-20)19-21-9-13-23(33-3)14-10-21;1-13-8(7-9(12-13)17(11,14)15)10(16-2)5-3-4-6-10/h7-14,17H,5-6,15-16,18-19H2,1-4H3;7H,3-6H2,1-2H3,(H2,11,14,15). The molecule has 0 atom stereocenters. The average Bonchev–Trinajstić information content (AvgIpc) is 3.96. The van der Waals surface area contributed by atoms with E-state index in [1.54, 1.807) is 58.0 Å². The molecule has 0 bridgehead atoms. The lowest BCUT2D eigenvalue weighted by Gasteiger charge is -2.27. The van der Waals surface area contributed by atoms with Crippen molar-refractivity contribution >= 4 is 20.0 Å². The maximum atomic E-state index is 13.9. The molecular weight excluding hydrogens is 709 g/mol. The number of hydrogen-bond acceptors (Lipinski definition) is 10. The zero-order valence-electron chi connectivity index (χ0n) is 30.7. The molecule has 0 amide bonds. The minimum absolute atomic E-state index is 0.0281. The third kappa shape index (κ3) is 8.37. The van der Waals surface area contributed by atoms with Crippen LogP contribution in [0.15, 0.2) is 70.7 Å². The summed E-state index contributed by atoms with van der Waals surface area (Å²) in [5, 5.41) is 13.4. The summed E-state index contributed by atoms with van der Waals surface area (Å²) in [6.07, 6.45) is 7.70. The maximum absolute atomic E-state index is 13.9. The van der Waals surface area contributed by atoms with E-state index in [9.17, 15) is 16.8 Å². The van der Waals surface area contributed by atoms with Crippen molar-refractivity contribution in [1.29, 1.82) is 0 Å². The minimum atomic E-state index is -3.91. The molecule has 2 aliphatic carbocycles. The molecule has 2 heterocycles. The van der Waals surface area contributed by atoms with Crippen LogP contribution in [0.5, 0.6) is 11.5 Å². The fourth-order valence-electron chi connectivity index (χ4n) is 7.25. The molecule has 14 nitrogen and oxygen atoms in total. The van der Waals surface area contributed by atoms with Crippen molar-refractivity contribution in [3.8, 4) is 11.5 Å². The Kier molecular flexibility index (Phi) is 12.2. The second-order valence-electron chi connectivity index (χ2n) is 13.3. The van der Waals surface area contributed by atoms with E-state index in [0.717, 1.165) is 73.9 Å². The van der Waals surface area contributed by atoms with Gasteiger partial charge in [0, 0.05) is 53.5 Å².